The van der Waals surface area contributed by atoms with Gasteiger partial charge in [0.1, 0.15) is 0 Å². The third kappa shape index (κ3) is 2.15. The summed E-state index contributed by atoms with van der Waals surface area (Å²) >= 11 is 4.08. The first-order valence-corrected chi connectivity index (χ1v) is 10.1. The van der Waals surface area contributed by atoms with Crippen LogP contribution in [0, 0.1) is 2.88 Å². The molecule has 0 atom stereocenters. The van der Waals surface area contributed by atoms with E-state index in [2.05, 4.69) is 26.0 Å². The van der Waals surface area contributed by atoms with Crippen molar-refractivity contribution in [2.75, 3.05) is 4.43 Å². The summed E-state index contributed by atoms with van der Waals surface area (Å²) in [6, 6.07) is 4.48. The Bertz CT molecular complexity index is 647. The Hall–Kier alpha value is -0.0700. The van der Waals surface area contributed by atoms with Crippen LogP contribution >= 0.6 is 22.7 Å². The molecule has 3 heterocycles. The summed E-state index contributed by atoms with van der Waals surface area (Å²) < 4.78 is 11.6. The fourth-order valence-corrected chi connectivity index (χ4v) is 7.03. The average Bonchev–Trinajstić information content (AvgIpc) is 2.95. The van der Waals surface area contributed by atoms with E-state index < -0.39 is 0 Å². The van der Waals surface area contributed by atoms with Gasteiger partial charge in [-0.2, -0.15) is 0 Å². The number of aryl methyl sites for hydroxylation is 1. The SMILES string of the molecule is CCC[I-]c1cc2oc3cc(CC)sc3c2s1. The molecule has 1 nitrogen and oxygen atoms in total. The summed E-state index contributed by atoms with van der Waals surface area (Å²) in [4.78, 5) is 1.43. The van der Waals surface area contributed by atoms with Gasteiger partial charge < -0.3 is 0 Å². The standard InChI is InChI=1S/C13H14IOS2/c1-3-5-14-11-7-10-13(17-11)12-9(15-10)6-8(4-2)16-12/h6-7H,3-5H2,1-2H3/q-1. The van der Waals surface area contributed by atoms with Gasteiger partial charge in [0.15, 0.2) is 0 Å². The second-order valence-corrected chi connectivity index (χ2v) is 9.85. The fraction of sp³-hybridized carbons (Fsp3) is 0.385. The second kappa shape index (κ2) is 4.90. The number of rotatable bonds is 4. The molecule has 0 bridgehead atoms. The molecular weight excluding hydrogens is 363 g/mol. The number of thiophene rings is 2. The van der Waals surface area contributed by atoms with Gasteiger partial charge in [-0.25, -0.2) is 0 Å². The van der Waals surface area contributed by atoms with Gasteiger partial charge in [0, 0.05) is 0 Å². The Morgan fingerprint density at radius 1 is 1.12 bits per heavy atom. The molecule has 0 saturated heterocycles. The predicted molar refractivity (Wildman–Crippen MR) is 72.7 cm³/mol. The van der Waals surface area contributed by atoms with Crippen LogP contribution < -0.4 is 21.2 Å². The number of hydrogen-bond donors (Lipinski definition) is 0. The summed E-state index contributed by atoms with van der Waals surface area (Å²) in [6.45, 7) is 4.47. The van der Waals surface area contributed by atoms with Gasteiger partial charge in [-0.3, -0.25) is 0 Å². The summed E-state index contributed by atoms with van der Waals surface area (Å²) in [7, 11) is 0. The van der Waals surface area contributed by atoms with E-state index in [-0.39, 0.29) is 21.2 Å². The zero-order chi connectivity index (χ0) is 11.8. The minimum atomic E-state index is 0.214. The number of halogens is 1. The third-order valence-corrected chi connectivity index (χ3v) is 9.01. The van der Waals surface area contributed by atoms with Gasteiger partial charge >= 0.3 is 120 Å². The first-order chi connectivity index (χ1) is 8.31. The van der Waals surface area contributed by atoms with Crippen LogP contribution in [0.1, 0.15) is 25.1 Å². The van der Waals surface area contributed by atoms with Crippen molar-refractivity contribution >= 4 is 43.2 Å². The summed E-state index contributed by atoms with van der Waals surface area (Å²) in [6.07, 6.45) is 2.41. The van der Waals surface area contributed by atoms with E-state index in [9.17, 15) is 0 Å². The molecule has 0 unspecified atom stereocenters. The molecule has 92 valence electrons. The van der Waals surface area contributed by atoms with Crippen LogP contribution in [0.15, 0.2) is 16.5 Å². The summed E-state index contributed by atoms with van der Waals surface area (Å²) in [5, 5.41) is 0. The van der Waals surface area contributed by atoms with Gasteiger partial charge in [0.2, 0.25) is 0 Å². The van der Waals surface area contributed by atoms with Crippen molar-refractivity contribution < 1.29 is 25.6 Å². The van der Waals surface area contributed by atoms with E-state index >= 15 is 0 Å². The number of hydrogen-bond acceptors (Lipinski definition) is 3. The van der Waals surface area contributed by atoms with Gasteiger partial charge in [-0.1, -0.05) is 0 Å². The monoisotopic (exact) mass is 377 g/mol. The van der Waals surface area contributed by atoms with Crippen molar-refractivity contribution in [3.8, 4) is 0 Å². The van der Waals surface area contributed by atoms with E-state index in [0.29, 0.717) is 0 Å². The normalized spacial score (nSPS) is 12.1. The van der Waals surface area contributed by atoms with Crippen LogP contribution in [0.5, 0.6) is 0 Å². The Morgan fingerprint density at radius 2 is 1.88 bits per heavy atom. The quantitative estimate of drug-likeness (QED) is 0.501. The number of alkyl halides is 1. The maximum atomic E-state index is 5.93. The Labute approximate surface area is 119 Å². The molecule has 17 heavy (non-hydrogen) atoms. The molecule has 0 aliphatic carbocycles. The molecule has 0 aromatic carbocycles. The van der Waals surface area contributed by atoms with Gasteiger partial charge in [0.05, 0.1) is 0 Å². The van der Waals surface area contributed by atoms with E-state index in [1.807, 2.05) is 22.7 Å². The number of furan rings is 1. The average molecular weight is 377 g/mol. The first-order valence-electron chi connectivity index (χ1n) is 5.85. The number of fused-ring (bicyclic) bond motifs is 3. The molecule has 0 radical (unpaired) electrons. The van der Waals surface area contributed by atoms with Crippen molar-refractivity contribution in [3.05, 3.63) is 19.9 Å². The molecule has 4 heteroatoms. The fourth-order valence-electron chi connectivity index (χ4n) is 1.78. The minimum absolute atomic E-state index is 0.214. The van der Waals surface area contributed by atoms with Crippen LogP contribution in [-0.2, 0) is 6.42 Å². The van der Waals surface area contributed by atoms with Crippen molar-refractivity contribution in [1.82, 2.24) is 0 Å². The molecule has 0 amide bonds. The van der Waals surface area contributed by atoms with Crippen LogP contribution in [0.25, 0.3) is 20.6 Å². The molecule has 0 saturated carbocycles. The van der Waals surface area contributed by atoms with Crippen LogP contribution in [-0.4, -0.2) is 4.43 Å². The van der Waals surface area contributed by atoms with Crippen LogP contribution in [0.3, 0.4) is 0 Å². The van der Waals surface area contributed by atoms with Crippen LogP contribution in [0.4, 0.5) is 0 Å². The molecular formula is C13H14IOS2-. The van der Waals surface area contributed by atoms with Gasteiger partial charge in [-0.15, -0.1) is 0 Å². The van der Waals surface area contributed by atoms with Crippen molar-refractivity contribution in [2.45, 2.75) is 26.7 Å². The Morgan fingerprint density at radius 3 is 2.65 bits per heavy atom. The molecule has 3 aromatic rings. The predicted octanol–water partition coefficient (Wildman–Crippen LogP) is 1.94. The first kappa shape index (κ1) is 12.0. The molecule has 0 N–H and O–H groups in total. The van der Waals surface area contributed by atoms with E-state index in [4.69, 9.17) is 4.42 Å². The zero-order valence-corrected chi connectivity index (χ0v) is 13.7. The summed E-state index contributed by atoms with van der Waals surface area (Å²) in [5.41, 5.74) is 2.21. The zero-order valence-electron chi connectivity index (χ0n) is 9.88. The molecule has 0 aliphatic rings. The molecule has 0 spiro atoms. The molecule has 3 rings (SSSR count). The molecule has 3 aromatic heterocycles. The molecule has 0 aliphatic heterocycles. The van der Waals surface area contributed by atoms with Gasteiger partial charge in [0.25, 0.3) is 0 Å². The van der Waals surface area contributed by atoms with Crippen molar-refractivity contribution in [2.24, 2.45) is 0 Å². The summed E-state index contributed by atoms with van der Waals surface area (Å²) in [5.74, 6) is 0. The Balaban J connectivity index is 2.06. The second-order valence-electron chi connectivity index (χ2n) is 3.93. The topological polar surface area (TPSA) is 13.1 Å². The van der Waals surface area contributed by atoms with E-state index in [0.717, 1.165) is 17.6 Å². The van der Waals surface area contributed by atoms with Crippen LogP contribution in [0.2, 0.25) is 0 Å². The van der Waals surface area contributed by atoms with E-state index in [1.54, 1.807) is 2.88 Å². The molecule has 0 fully saturated rings. The Kier molecular flexibility index (Phi) is 3.45. The van der Waals surface area contributed by atoms with Crippen molar-refractivity contribution in [1.29, 1.82) is 0 Å². The van der Waals surface area contributed by atoms with Crippen molar-refractivity contribution in [3.63, 3.8) is 0 Å². The maximum absolute atomic E-state index is 5.93. The van der Waals surface area contributed by atoms with Gasteiger partial charge in [-0.05, 0) is 0 Å². The van der Waals surface area contributed by atoms with E-state index in [1.165, 1.54) is 25.1 Å². The third-order valence-electron chi connectivity index (χ3n) is 2.61.